The van der Waals surface area contributed by atoms with Crippen LogP contribution >= 0.6 is 0 Å². The molecule has 2 aromatic rings. The zero-order chi connectivity index (χ0) is 13.7. The van der Waals surface area contributed by atoms with Crippen LogP contribution < -0.4 is 4.74 Å². The van der Waals surface area contributed by atoms with Crippen molar-refractivity contribution in [3.05, 3.63) is 64.7 Å². The molecule has 19 heavy (non-hydrogen) atoms. The Labute approximate surface area is 113 Å². The number of benzene rings is 2. The average molecular weight is 258 g/mol. The molecule has 2 rings (SSSR count). The first-order chi connectivity index (χ1) is 9.24. The number of aliphatic hydroxyl groups is 2. The summed E-state index contributed by atoms with van der Waals surface area (Å²) >= 11 is 0. The fourth-order valence-electron chi connectivity index (χ4n) is 2.05. The zero-order valence-corrected chi connectivity index (χ0v) is 11.0. The highest BCUT2D eigenvalue weighted by Crippen LogP contribution is 2.23. The lowest BCUT2D eigenvalue weighted by Gasteiger charge is -2.13. The molecule has 0 unspecified atom stereocenters. The Morgan fingerprint density at radius 3 is 2.37 bits per heavy atom. The van der Waals surface area contributed by atoms with Crippen LogP contribution in [0.5, 0.6) is 5.75 Å². The van der Waals surface area contributed by atoms with Gasteiger partial charge in [-0.2, -0.15) is 0 Å². The van der Waals surface area contributed by atoms with Crippen LogP contribution in [0.1, 0.15) is 22.3 Å². The monoisotopic (exact) mass is 258 g/mol. The number of aliphatic hydroxyl groups excluding tert-OH is 2. The van der Waals surface area contributed by atoms with Crippen molar-refractivity contribution in [3.8, 4) is 5.75 Å². The van der Waals surface area contributed by atoms with E-state index in [1.165, 1.54) is 0 Å². The van der Waals surface area contributed by atoms with E-state index in [1.54, 1.807) is 6.07 Å². The summed E-state index contributed by atoms with van der Waals surface area (Å²) in [5, 5.41) is 18.6. The lowest BCUT2D eigenvalue weighted by atomic mass is 10.0. The second kappa shape index (κ2) is 6.36. The summed E-state index contributed by atoms with van der Waals surface area (Å²) < 4.78 is 5.72. The van der Waals surface area contributed by atoms with E-state index in [9.17, 15) is 10.2 Å². The number of hydrogen-bond acceptors (Lipinski definition) is 3. The maximum absolute atomic E-state index is 9.32. The molecule has 0 fully saturated rings. The summed E-state index contributed by atoms with van der Waals surface area (Å²) in [6.07, 6.45) is 0. The van der Waals surface area contributed by atoms with E-state index in [-0.39, 0.29) is 13.2 Å². The van der Waals surface area contributed by atoms with Crippen molar-refractivity contribution < 1.29 is 14.9 Å². The van der Waals surface area contributed by atoms with Gasteiger partial charge in [-0.25, -0.2) is 0 Å². The lowest BCUT2D eigenvalue weighted by molar-refractivity contribution is 0.257. The van der Waals surface area contributed by atoms with Crippen LogP contribution in [-0.4, -0.2) is 10.2 Å². The molecule has 0 aliphatic rings. The third-order valence-electron chi connectivity index (χ3n) is 3.12. The number of aryl methyl sites for hydroxylation is 1. The van der Waals surface area contributed by atoms with Gasteiger partial charge in [-0.1, -0.05) is 30.3 Å². The van der Waals surface area contributed by atoms with Gasteiger partial charge in [0.2, 0.25) is 0 Å². The maximum atomic E-state index is 9.32. The molecular formula is C16H18O3. The summed E-state index contributed by atoms with van der Waals surface area (Å²) in [6.45, 7) is 2.23. The molecule has 0 bridgehead atoms. The predicted octanol–water partition coefficient (Wildman–Crippen LogP) is 2.56. The Morgan fingerprint density at radius 2 is 1.74 bits per heavy atom. The van der Waals surface area contributed by atoms with Crippen LogP contribution in [0, 0.1) is 6.92 Å². The van der Waals surface area contributed by atoms with E-state index in [4.69, 9.17) is 4.74 Å². The molecule has 0 saturated carbocycles. The molecule has 0 atom stereocenters. The number of ether oxygens (including phenoxy) is 1. The maximum Gasteiger partial charge on any atom is 0.120 e. The lowest BCUT2D eigenvalue weighted by Crippen LogP contribution is -2.01. The van der Waals surface area contributed by atoms with E-state index in [1.807, 2.05) is 43.3 Å². The van der Waals surface area contributed by atoms with E-state index in [2.05, 4.69) is 0 Å². The fraction of sp³-hybridized carbons (Fsp3) is 0.250. The van der Waals surface area contributed by atoms with Gasteiger partial charge < -0.3 is 14.9 Å². The van der Waals surface area contributed by atoms with Gasteiger partial charge in [0.1, 0.15) is 12.4 Å². The third kappa shape index (κ3) is 3.34. The Hall–Kier alpha value is -1.84. The van der Waals surface area contributed by atoms with Crippen LogP contribution in [0.2, 0.25) is 0 Å². The molecule has 0 aliphatic heterocycles. The van der Waals surface area contributed by atoms with Crippen LogP contribution in [0.4, 0.5) is 0 Å². The normalized spacial score (nSPS) is 10.5. The molecule has 3 heteroatoms. The Balaban J connectivity index is 2.15. The average Bonchev–Trinajstić information content (AvgIpc) is 2.45. The van der Waals surface area contributed by atoms with Crippen molar-refractivity contribution in [2.24, 2.45) is 0 Å². The quantitative estimate of drug-likeness (QED) is 0.866. The summed E-state index contributed by atoms with van der Waals surface area (Å²) in [6, 6.07) is 13.6. The summed E-state index contributed by atoms with van der Waals surface area (Å²) in [5.41, 5.74) is 3.51. The van der Waals surface area contributed by atoms with Gasteiger partial charge in [0.05, 0.1) is 13.2 Å². The molecule has 0 aliphatic carbocycles. The van der Waals surface area contributed by atoms with Gasteiger partial charge in [0, 0.05) is 0 Å². The second-order valence-electron chi connectivity index (χ2n) is 4.47. The van der Waals surface area contributed by atoms with Crippen molar-refractivity contribution >= 4 is 0 Å². The van der Waals surface area contributed by atoms with Crippen molar-refractivity contribution in [3.63, 3.8) is 0 Å². The van der Waals surface area contributed by atoms with Crippen LogP contribution in [0.3, 0.4) is 0 Å². The predicted molar refractivity (Wildman–Crippen MR) is 73.8 cm³/mol. The van der Waals surface area contributed by atoms with Crippen molar-refractivity contribution in [1.82, 2.24) is 0 Å². The Morgan fingerprint density at radius 1 is 1.00 bits per heavy atom. The highest BCUT2D eigenvalue weighted by Gasteiger charge is 2.07. The van der Waals surface area contributed by atoms with E-state index in [0.717, 1.165) is 16.7 Å². The SMILES string of the molecule is Cc1cc(OCc2ccccc2)cc(CO)c1CO. The first-order valence-corrected chi connectivity index (χ1v) is 6.25. The Bertz CT molecular complexity index is 535. The zero-order valence-electron chi connectivity index (χ0n) is 11.0. The highest BCUT2D eigenvalue weighted by molar-refractivity contribution is 5.41. The topological polar surface area (TPSA) is 49.7 Å². The molecule has 0 amide bonds. The van der Waals surface area contributed by atoms with Gasteiger partial charge in [-0.15, -0.1) is 0 Å². The molecule has 0 heterocycles. The highest BCUT2D eigenvalue weighted by atomic mass is 16.5. The standard InChI is InChI=1S/C16H18O3/c1-12-7-15(8-14(9-17)16(12)10-18)19-11-13-5-3-2-4-6-13/h2-8,17-18H,9-11H2,1H3. The van der Waals surface area contributed by atoms with E-state index < -0.39 is 0 Å². The minimum absolute atomic E-state index is 0.0688. The summed E-state index contributed by atoms with van der Waals surface area (Å²) in [5.74, 6) is 0.711. The van der Waals surface area contributed by atoms with Crippen molar-refractivity contribution in [2.75, 3.05) is 0 Å². The Kier molecular flexibility index (Phi) is 4.55. The molecule has 0 radical (unpaired) electrons. The van der Waals surface area contributed by atoms with Crippen LogP contribution in [0.15, 0.2) is 42.5 Å². The van der Waals surface area contributed by atoms with Gasteiger partial charge in [0.15, 0.2) is 0 Å². The molecular weight excluding hydrogens is 240 g/mol. The third-order valence-corrected chi connectivity index (χ3v) is 3.12. The first-order valence-electron chi connectivity index (χ1n) is 6.25. The van der Waals surface area contributed by atoms with Crippen molar-refractivity contribution in [1.29, 1.82) is 0 Å². The van der Waals surface area contributed by atoms with Gasteiger partial charge in [-0.3, -0.25) is 0 Å². The van der Waals surface area contributed by atoms with Gasteiger partial charge >= 0.3 is 0 Å². The number of rotatable bonds is 5. The minimum atomic E-state index is -0.0979. The number of hydrogen-bond donors (Lipinski definition) is 2. The molecule has 0 saturated heterocycles. The van der Waals surface area contributed by atoms with Gasteiger partial charge in [-0.05, 0) is 41.3 Å². The van der Waals surface area contributed by atoms with E-state index >= 15 is 0 Å². The van der Waals surface area contributed by atoms with Crippen LogP contribution in [-0.2, 0) is 19.8 Å². The molecule has 3 nitrogen and oxygen atoms in total. The first kappa shape index (κ1) is 13.6. The largest absolute Gasteiger partial charge is 0.489 e. The molecule has 2 aromatic carbocycles. The van der Waals surface area contributed by atoms with Crippen LogP contribution in [0.25, 0.3) is 0 Å². The molecule has 0 spiro atoms. The van der Waals surface area contributed by atoms with Gasteiger partial charge in [0.25, 0.3) is 0 Å². The smallest absolute Gasteiger partial charge is 0.120 e. The summed E-state index contributed by atoms with van der Waals surface area (Å²) in [7, 11) is 0. The van der Waals surface area contributed by atoms with Crippen molar-refractivity contribution in [2.45, 2.75) is 26.7 Å². The molecule has 100 valence electrons. The fourth-order valence-corrected chi connectivity index (χ4v) is 2.05. The minimum Gasteiger partial charge on any atom is -0.489 e. The second-order valence-corrected chi connectivity index (χ2v) is 4.47. The molecule has 2 N–H and O–H groups in total. The molecule has 0 aromatic heterocycles. The summed E-state index contributed by atoms with van der Waals surface area (Å²) in [4.78, 5) is 0. The van der Waals surface area contributed by atoms with E-state index in [0.29, 0.717) is 17.9 Å².